The molecule has 3 nitrogen and oxygen atoms in total. The van der Waals surface area contributed by atoms with Gasteiger partial charge in [-0.05, 0) is 6.07 Å². The fourth-order valence-corrected chi connectivity index (χ4v) is 1.27. The summed E-state index contributed by atoms with van der Waals surface area (Å²) in [6.07, 6.45) is -0.0534. The van der Waals surface area contributed by atoms with Crippen LogP contribution in [0.3, 0.4) is 0 Å². The molecular formula is C9H7ClFNO2. The van der Waals surface area contributed by atoms with Crippen molar-refractivity contribution in [2.24, 2.45) is 0 Å². The lowest BCUT2D eigenvalue weighted by Gasteiger charge is -2.08. The van der Waals surface area contributed by atoms with Crippen molar-refractivity contribution < 1.29 is 14.2 Å². The van der Waals surface area contributed by atoms with E-state index >= 15 is 0 Å². The molecule has 0 aliphatic heterocycles. The fourth-order valence-electron chi connectivity index (χ4n) is 1.05. The summed E-state index contributed by atoms with van der Waals surface area (Å²) in [5, 5.41) is 17.7. The Bertz CT molecular complexity index is 401. The number of ether oxygens (including phenoxy) is 1. The molecule has 1 rings (SSSR count). The standard InChI is InChI=1S/C9H7ClFNO2/c1-14-9-7(11)6(10)4-5(2-3-12)8(9)13/h4,13H,2H2,1H3. The van der Waals surface area contributed by atoms with Crippen LogP contribution in [0.1, 0.15) is 5.56 Å². The zero-order valence-electron chi connectivity index (χ0n) is 7.34. The Labute approximate surface area is 85.3 Å². The van der Waals surface area contributed by atoms with Gasteiger partial charge in [0.05, 0.1) is 24.6 Å². The Hall–Kier alpha value is -1.47. The van der Waals surface area contributed by atoms with Crippen molar-refractivity contribution >= 4 is 11.6 Å². The van der Waals surface area contributed by atoms with Gasteiger partial charge in [-0.15, -0.1) is 0 Å². The molecule has 0 atom stereocenters. The minimum atomic E-state index is -0.826. The predicted molar refractivity (Wildman–Crippen MR) is 48.9 cm³/mol. The van der Waals surface area contributed by atoms with Gasteiger partial charge in [-0.3, -0.25) is 0 Å². The minimum absolute atomic E-state index is 0.0534. The van der Waals surface area contributed by atoms with Gasteiger partial charge in [-0.25, -0.2) is 4.39 Å². The zero-order chi connectivity index (χ0) is 10.7. The molecule has 14 heavy (non-hydrogen) atoms. The molecule has 74 valence electrons. The summed E-state index contributed by atoms with van der Waals surface area (Å²) in [5.74, 6) is -1.54. The van der Waals surface area contributed by atoms with Gasteiger partial charge >= 0.3 is 0 Å². The smallest absolute Gasteiger partial charge is 0.198 e. The zero-order valence-corrected chi connectivity index (χ0v) is 8.10. The van der Waals surface area contributed by atoms with E-state index in [1.165, 1.54) is 13.2 Å². The molecule has 5 heteroatoms. The van der Waals surface area contributed by atoms with Crippen LogP contribution in [0.25, 0.3) is 0 Å². The van der Waals surface area contributed by atoms with Crippen molar-refractivity contribution in [3.8, 4) is 17.6 Å². The molecule has 0 heterocycles. The number of phenols is 1. The van der Waals surface area contributed by atoms with Crippen molar-refractivity contribution in [3.05, 3.63) is 22.5 Å². The second-order valence-electron chi connectivity index (χ2n) is 2.55. The normalized spacial score (nSPS) is 9.57. The van der Waals surface area contributed by atoms with Crippen molar-refractivity contribution in [1.82, 2.24) is 0 Å². The largest absolute Gasteiger partial charge is 0.504 e. The topological polar surface area (TPSA) is 53.2 Å². The molecule has 0 aliphatic carbocycles. The SMILES string of the molecule is COc1c(O)c(CC#N)cc(Cl)c1F. The average molecular weight is 216 g/mol. The van der Waals surface area contributed by atoms with E-state index in [-0.39, 0.29) is 28.5 Å². The molecule has 0 spiro atoms. The number of methoxy groups -OCH3 is 1. The van der Waals surface area contributed by atoms with Crippen molar-refractivity contribution in [2.45, 2.75) is 6.42 Å². The number of benzene rings is 1. The molecular weight excluding hydrogens is 209 g/mol. The van der Waals surface area contributed by atoms with Gasteiger partial charge in [0.2, 0.25) is 0 Å². The van der Waals surface area contributed by atoms with Crippen LogP contribution < -0.4 is 4.74 Å². The molecule has 0 saturated heterocycles. The van der Waals surface area contributed by atoms with Crippen LogP contribution in [0, 0.1) is 17.1 Å². The molecule has 0 radical (unpaired) electrons. The second-order valence-corrected chi connectivity index (χ2v) is 2.96. The highest BCUT2D eigenvalue weighted by atomic mass is 35.5. The second kappa shape index (κ2) is 4.16. The quantitative estimate of drug-likeness (QED) is 0.823. The number of nitriles is 1. The average Bonchev–Trinajstić information content (AvgIpc) is 2.16. The maximum absolute atomic E-state index is 13.2. The molecule has 1 aromatic carbocycles. The van der Waals surface area contributed by atoms with Gasteiger partial charge < -0.3 is 9.84 Å². The van der Waals surface area contributed by atoms with E-state index in [9.17, 15) is 9.50 Å². The van der Waals surface area contributed by atoms with E-state index in [1.54, 1.807) is 0 Å². The first kappa shape index (κ1) is 10.6. The molecule has 0 saturated carbocycles. The summed E-state index contributed by atoms with van der Waals surface area (Å²) in [6.45, 7) is 0. The summed E-state index contributed by atoms with van der Waals surface area (Å²) < 4.78 is 17.8. The summed E-state index contributed by atoms with van der Waals surface area (Å²) >= 11 is 5.53. The summed E-state index contributed by atoms with van der Waals surface area (Å²) in [4.78, 5) is 0. The molecule has 1 aromatic rings. The first-order chi connectivity index (χ1) is 6.61. The molecule has 0 aromatic heterocycles. The lowest BCUT2D eigenvalue weighted by atomic mass is 10.1. The van der Waals surface area contributed by atoms with Gasteiger partial charge in [-0.1, -0.05) is 11.6 Å². The van der Waals surface area contributed by atoms with Crippen LogP contribution in [-0.4, -0.2) is 12.2 Å². The number of hydrogen-bond donors (Lipinski definition) is 1. The molecule has 0 unspecified atom stereocenters. The number of halogens is 2. The minimum Gasteiger partial charge on any atom is -0.504 e. The summed E-state index contributed by atoms with van der Waals surface area (Å²) in [5.41, 5.74) is 0.246. The number of nitrogens with zero attached hydrogens (tertiary/aromatic N) is 1. The molecule has 0 amide bonds. The Morgan fingerprint density at radius 2 is 2.36 bits per heavy atom. The lowest BCUT2D eigenvalue weighted by Crippen LogP contribution is -1.94. The third-order valence-electron chi connectivity index (χ3n) is 1.70. The fraction of sp³-hybridized carbons (Fsp3) is 0.222. The first-order valence-electron chi connectivity index (χ1n) is 3.72. The molecule has 1 N–H and O–H groups in total. The van der Waals surface area contributed by atoms with E-state index in [0.717, 1.165) is 0 Å². The van der Waals surface area contributed by atoms with Crippen molar-refractivity contribution in [2.75, 3.05) is 7.11 Å². The Morgan fingerprint density at radius 3 is 2.86 bits per heavy atom. The number of hydrogen-bond acceptors (Lipinski definition) is 3. The summed E-state index contributed by atoms with van der Waals surface area (Å²) in [6, 6.07) is 3.03. The van der Waals surface area contributed by atoms with Gasteiger partial charge in [0.15, 0.2) is 17.3 Å². The van der Waals surface area contributed by atoms with Gasteiger partial charge in [-0.2, -0.15) is 5.26 Å². The Balaban J connectivity index is 3.36. The summed E-state index contributed by atoms with van der Waals surface area (Å²) in [7, 11) is 1.21. The van der Waals surface area contributed by atoms with Gasteiger partial charge in [0.25, 0.3) is 0 Å². The lowest BCUT2D eigenvalue weighted by molar-refractivity contribution is 0.349. The van der Waals surface area contributed by atoms with Crippen LogP contribution in [-0.2, 0) is 6.42 Å². The van der Waals surface area contributed by atoms with Crippen molar-refractivity contribution in [1.29, 1.82) is 5.26 Å². The highest BCUT2D eigenvalue weighted by Crippen LogP contribution is 2.37. The van der Waals surface area contributed by atoms with Gasteiger partial charge in [0, 0.05) is 5.56 Å². The van der Waals surface area contributed by atoms with Crippen LogP contribution in [0.5, 0.6) is 11.5 Å². The maximum atomic E-state index is 13.2. The van der Waals surface area contributed by atoms with Crippen LogP contribution in [0.15, 0.2) is 6.07 Å². The number of rotatable bonds is 2. The predicted octanol–water partition coefficient (Wildman–Crippen LogP) is 2.26. The highest BCUT2D eigenvalue weighted by Gasteiger charge is 2.17. The van der Waals surface area contributed by atoms with Crippen molar-refractivity contribution in [3.63, 3.8) is 0 Å². The molecule has 0 fully saturated rings. The maximum Gasteiger partial charge on any atom is 0.198 e. The monoisotopic (exact) mass is 215 g/mol. The van der Waals surface area contributed by atoms with E-state index in [2.05, 4.69) is 4.74 Å². The van der Waals surface area contributed by atoms with Gasteiger partial charge in [0.1, 0.15) is 0 Å². The number of phenolic OH excluding ortho intramolecular Hbond substituents is 1. The molecule has 0 bridgehead atoms. The Kier molecular flexibility index (Phi) is 3.15. The molecule has 0 aliphatic rings. The Morgan fingerprint density at radius 1 is 1.71 bits per heavy atom. The third kappa shape index (κ3) is 1.73. The van der Waals surface area contributed by atoms with E-state index < -0.39 is 5.82 Å². The van der Waals surface area contributed by atoms with Crippen LogP contribution in [0.4, 0.5) is 4.39 Å². The van der Waals surface area contributed by atoms with E-state index in [0.29, 0.717) is 0 Å². The highest BCUT2D eigenvalue weighted by molar-refractivity contribution is 6.31. The van der Waals surface area contributed by atoms with E-state index in [1.807, 2.05) is 6.07 Å². The third-order valence-corrected chi connectivity index (χ3v) is 1.98. The van der Waals surface area contributed by atoms with E-state index in [4.69, 9.17) is 16.9 Å². The first-order valence-corrected chi connectivity index (χ1v) is 4.10. The number of aromatic hydroxyl groups is 1. The van der Waals surface area contributed by atoms with Crippen LogP contribution >= 0.6 is 11.6 Å². The van der Waals surface area contributed by atoms with Crippen LogP contribution in [0.2, 0.25) is 5.02 Å².